The van der Waals surface area contributed by atoms with Crippen LogP contribution in [0.1, 0.15) is 5.69 Å². The molecule has 0 aliphatic carbocycles. The Balaban J connectivity index is 2.14. The zero-order valence-corrected chi connectivity index (χ0v) is 10.7. The Morgan fingerprint density at radius 2 is 1.80 bits per heavy atom. The molecule has 3 nitrogen and oxygen atoms in total. The number of morpholine rings is 1. The summed E-state index contributed by atoms with van der Waals surface area (Å²) in [7, 11) is 0. The van der Waals surface area contributed by atoms with E-state index in [-0.39, 0.29) is 5.39 Å². The number of pyridine rings is 1. The second-order valence-corrected chi connectivity index (χ2v) is 4.65. The number of hydrogen-bond acceptors (Lipinski definition) is 3. The molecule has 0 saturated carbocycles. The maximum Gasteiger partial charge on any atom is 0.434 e. The molecular weight excluding hydrogens is 269 g/mol. The molecule has 0 spiro atoms. The molecule has 0 unspecified atom stereocenters. The molecule has 0 bridgehead atoms. The van der Waals surface area contributed by atoms with E-state index in [0.717, 1.165) is 0 Å². The molecule has 1 aliphatic rings. The minimum absolute atomic E-state index is 0.136. The maximum atomic E-state index is 13.2. The first-order valence-electron chi connectivity index (χ1n) is 6.35. The number of halogens is 3. The molecule has 0 N–H and O–H groups in total. The Morgan fingerprint density at radius 3 is 2.50 bits per heavy atom. The van der Waals surface area contributed by atoms with Crippen LogP contribution < -0.4 is 4.90 Å². The van der Waals surface area contributed by atoms with Gasteiger partial charge in [0.1, 0.15) is 5.82 Å². The third kappa shape index (κ3) is 2.43. The molecule has 1 saturated heterocycles. The topological polar surface area (TPSA) is 25.4 Å². The molecule has 0 amide bonds. The van der Waals surface area contributed by atoms with Gasteiger partial charge in [0.05, 0.1) is 13.2 Å². The molecule has 2 aromatic rings. The Morgan fingerprint density at radius 1 is 1.10 bits per heavy atom. The summed E-state index contributed by atoms with van der Waals surface area (Å²) < 4.78 is 44.7. The van der Waals surface area contributed by atoms with Gasteiger partial charge in [0.25, 0.3) is 0 Å². The quantitative estimate of drug-likeness (QED) is 0.803. The summed E-state index contributed by atoms with van der Waals surface area (Å²) in [4.78, 5) is 5.67. The van der Waals surface area contributed by atoms with Gasteiger partial charge in [0, 0.05) is 18.5 Å². The van der Waals surface area contributed by atoms with Crippen LogP contribution in [0.15, 0.2) is 30.3 Å². The molecule has 2 heterocycles. The average Bonchev–Trinajstić information content (AvgIpc) is 2.46. The average molecular weight is 282 g/mol. The van der Waals surface area contributed by atoms with Crippen molar-refractivity contribution in [2.45, 2.75) is 6.18 Å². The highest BCUT2D eigenvalue weighted by atomic mass is 19.4. The van der Waals surface area contributed by atoms with Crippen molar-refractivity contribution in [2.24, 2.45) is 0 Å². The molecule has 1 aromatic heterocycles. The number of fused-ring (bicyclic) bond motifs is 1. The van der Waals surface area contributed by atoms with Crippen LogP contribution in [-0.4, -0.2) is 31.3 Å². The first-order valence-corrected chi connectivity index (χ1v) is 6.35. The van der Waals surface area contributed by atoms with Crippen molar-refractivity contribution in [3.63, 3.8) is 0 Å². The van der Waals surface area contributed by atoms with Gasteiger partial charge in [0.2, 0.25) is 0 Å². The maximum absolute atomic E-state index is 13.2. The van der Waals surface area contributed by atoms with E-state index in [1.54, 1.807) is 24.3 Å². The van der Waals surface area contributed by atoms with E-state index in [1.807, 2.05) is 4.90 Å². The summed E-state index contributed by atoms with van der Waals surface area (Å²) in [5.41, 5.74) is -0.822. The van der Waals surface area contributed by atoms with E-state index >= 15 is 0 Å². The summed E-state index contributed by atoms with van der Waals surface area (Å²) in [6, 6.07) is 8.15. The number of ether oxygens (including phenoxy) is 1. The number of anilines is 1. The van der Waals surface area contributed by atoms with E-state index in [1.165, 1.54) is 6.07 Å². The van der Waals surface area contributed by atoms with Crippen LogP contribution in [0.4, 0.5) is 19.0 Å². The predicted octanol–water partition coefficient (Wildman–Crippen LogP) is 3.09. The van der Waals surface area contributed by atoms with Gasteiger partial charge in [-0.2, -0.15) is 13.2 Å². The largest absolute Gasteiger partial charge is 0.434 e. The monoisotopic (exact) mass is 282 g/mol. The lowest BCUT2D eigenvalue weighted by molar-refractivity contribution is -0.139. The van der Waals surface area contributed by atoms with Crippen LogP contribution in [0.2, 0.25) is 0 Å². The van der Waals surface area contributed by atoms with Crippen molar-refractivity contribution in [3.05, 3.63) is 36.0 Å². The van der Waals surface area contributed by atoms with E-state index in [9.17, 15) is 13.2 Å². The SMILES string of the molecule is FC(F)(F)c1nc(N2CCOCC2)cc2ccccc12. The normalized spacial score (nSPS) is 16.6. The summed E-state index contributed by atoms with van der Waals surface area (Å²) in [6.45, 7) is 2.14. The van der Waals surface area contributed by atoms with Gasteiger partial charge in [-0.25, -0.2) is 4.98 Å². The summed E-state index contributed by atoms with van der Waals surface area (Å²) in [5.74, 6) is 0.360. The molecule has 0 radical (unpaired) electrons. The first kappa shape index (κ1) is 13.2. The van der Waals surface area contributed by atoms with Crippen molar-refractivity contribution >= 4 is 16.6 Å². The fraction of sp³-hybridized carbons (Fsp3) is 0.357. The fourth-order valence-corrected chi connectivity index (χ4v) is 2.36. The van der Waals surface area contributed by atoms with Gasteiger partial charge in [0.15, 0.2) is 5.69 Å². The number of aromatic nitrogens is 1. The minimum Gasteiger partial charge on any atom is -0.378 e. The molecule has 20 heavy (non-hydrogen) atoms. The Labute approximate surface area is 114 Å². The highest BCUT2D eigenvalue weighted by Gasteiger charge is 2.35. The van der Waals surface area contributed by atoms with Crippen LogP contribution >= 0.6 is 0 Å². The van der Waals surface area contributed by atoms with Gasteiger partial charge >= 0.3 is 6.18 Å². The zero-order chi connectivity index (χ0) is 14.2. The minimum atomic E-state index is -4.46. The summed E-state index contributed by atoms with van der Waals surface area (Å²) >= 11 is 0. The van der Waals surface area contributed by atoms with E-state index in [2.05, 4.69) is 4.98 Å². The van der Waals surface area contributed by atoms with Crippen molar-refractivity contribution in [1.82, 2.24) is 4.98 Å². The second-order valence-electron chi connectivity index (χ2n) is 4.65. The second kappa shape index (κ2) is 4.94. The Bertz CT molecular complexity index is 621. The molecule has 1 aromatic carbocycles. The van der Waals surface area contributed by atoms with Crippen molar-refractivity contribution in [2.75, 3.05) is 31.2 Å². The lowest BCUT2D eigenvalue weighted by Gasteiger charge is -2.28. The lowest BCUT2D eigenvalue weighted by atomic mass is 10.1. The van der Waals surface area contributed by atoms with Crippen LogP contribution in [0.25, 0.3) is 10.8 Å². The predicted molar refractivity (Wildman–Crippen MR) is 69.8 cm³/mol. The van der Waals surface area contributed by atoms with Crippen LogP contribution in [0.3, 0.4) is 0 Å². The standard InChI is InChI=1S/C14H13F3N2O/c15-14(16,17)13-11-4-2-1-3-10(11)9-12(18-13)19-5-7-20-8-6-19/h1-4,9H,5-8H2. The third-order valence-electron chi connectivity index (χ3n) is 3.33. The number of benzene rings is 1. The number of alkyl halides is 3. The van der Waals surface area contributed by atoms with Crippen LogP contribution in [-0.2, 0) is 10.9 Å². The molecule has 1 aliphatic heterocycles. The zero-order valence-electron chi connectivity index (χ0n) is 10.7. The molecule has 1 fully saturated rings. The number of nitrogens with zero attached hydrogens (tertiary/aromatic N) is 2. The molecule has 106 valence electrons. The highest BCUT2D eigenvalue weighted by molar-refractivity contribution is 5.87. The van der Waals surface area contributed by atoms with Crippen molar-refractivity contribution in [3.8, 4) is 0 Å². The van der Waals surface area contributed by atoms with Crippen LogP contribution in [0.5, 0.6) is 0 Å². The molecular formula is C14H13F3N2O. The van der Waals surface area contributed by atoms with Gasteiger partial charge in [-0.1, -0.05) is 24.3 Å². The summed E-state index contributed by atoms with van der Waals surface area (Å²) in [5, 5.41) is 0.688. The van der Waals surface area contributed by atoms with Gasteiger partial charge in [-0.05, 0) is 11.5 Å². The van der Waals surface area contributed by atoms with Crippen molar-refractivity contribution in [1.29, 1.82) is 0 Å². The third-order valence-corrected chi connectivity index (χ3v) is 3.33. The first-order chi connectivity index (χ1) is 9.55. The molecule has 6 heteroatoms. The van der Waals surface area contributed by atoms with Gasteiger partial charge < -0.3 is 9.64 Å². The smallest absolute Gasteiger partial charge is 0.378 e. The van der Waals surface area contributed by atoms with Crippen molar-refractivity contribution < 1.29 is 17.9 Å². The van der Waals surface area contributed by atoms with E-state index < -0.39 is 11.9 Å². The lowest BCUT2D eigenvalue weighted by Crippen LogP contribution is -2.37. The van der Waals surface area contributed by atoms with Crippen LogP contribution in [0, 0.1) is 0 Å². The Hall–Kier alpha value is -1.82. The van der Waals surface area contributed by atoms with E-state index in [4.69, 9.17) is 4.74 Å². The fourth-order valence-electron chi connectivity index (χ4n) is 2.36. The Kier molecular flexibility index (Phi) is 3.25. The van der Waals surface area contributed by atoms with E-state index in [0.29, 0.717) is 37.5 Å². The van der Waals surface area contributed by atoms with Gasteiger partial charge in [-0.3, -0.25) is 0 Å². The number of hydrogen-bond donors (Lipinski definition) is 0. The highest BCUT2D eigenvalue weighted by Crippen LogP contribution is 2.35. The van der Waals surface area contributed by atoms with Gasteiger partial charge in [-0.15, -0.1) is 0 Å². The number of rotatable bonds is 1. The molecule has 0 atom stereocenters. The molecule has 3 rings (SSSR count). The summed E-state index contributed by atoms with van der Waals surface area (Å²) in [6.07, 6.45) is -4.46.